The Hall–Kier alpha value is -1.89. The fourth-order valence-corrected chi connectivity index (χ4v) is 1.29. The summed E-state index contributed by atoms with van der Waals surface area (Å²) < 4.78 is 4.90. The molecular weight excluding hydrogens is 224 g/mol. The molecule has 17 heavy (non-hydrogen) atoms. The van der Waals surface area contributed by atoms with Gasteiger partial charge in [-0.1, -0.05) is 0 Å². The number of nitrogens with zero attached hydrogens (tertiary/aromatic N) is 2. The average molecular weight is 240 g/mol. The SMILES string of the molecule is CNc1ccc([N+](=O)[O-])c(NCCCOC)n1. The third-order valence-corrected chi connectivity index (χ3v) is 2.14. The minimum Gasteiger partial charge on any atom is -0.385 e. The van der Waals surface area contributed by atoms with Crippen molar-refractivity contribution in [2.75, 3.05) is 37.9 Å². The first kappa shape index (κ1) is 13.2. The molecule has 0 fully saturated rings. The first-order valence-corrected chi connectivity index (χ1v) is 5.25. The van der Waals surface area contributed by atoms with E-state index in [1.807, 2.05) is 0 Å². The predicted molar refractivity (Wildman–Crippen MR) is 65.4 cm³/mol. The molecular formula is C10H16N4O3. The maximum Gasteiger partial charge on any atom is 0.311 e. The molecule has 1 heterocycles. The molecule has 7 heteroatoms. The highest BCUT2D eigenvalue weighted by Crippen LogP contribution is 2.23. The van der Waals surface area contributed by atoms with Crippen LogP contribution in [0.15, 0.2) is 12.1 Å². The summed E-state index contributed by atoms with van der Waals surface area (Å²) in [7, 11) is 3.32. The molecule has 0 unspecified atom stereocenters. The molecule has 1 aromatic rings. The van der Waals surface area contributed by atoms with E-state index in [1.54, 1.807) is 20.2 Å². The number of ether oxygens (including phenoxy) is 1. The Labute approximate surface area is 99.3 Å². The molecule has 0 saturated heterocycles. The molecule has 0 aromatic carbocycles. The van der Waals surface area contributed by atoms with Crippen LogP contribution in [0.25, 0.3) is 0 Å². The van der Waals surface area contributed by atoms with Gasteiger partial charge in [0.05, 0.1) is 4.92 Å². The Balaban J connectivity index is 2.75. The topological polar surface area (TPSA) is 89.3 Å². The standard InChI is InChI=1S/C10H16N4O3/c1-11-9-5-4-8(14(15)16)10(13-9)12-6-3-7-17-2/h4-5H,3,6-7H2,1-2H3,(H2,11,12,13). The number of anilines is 2. The zero-order valence-electron chi connectivity index (χ0n) is 9.90. The van der Waals surface area contributed by atoms with E-state index in [4.69, 9.17) is 4.74 Å². The second-order valence-corrected chi connectivity index (χ2v) is 3.34. The Morgan fingerprint density at radius 1 is 1.53 bits per heavy atom. The van der Waals surface area contributed by atoms with Gasteiger partial charge in [0, 0.05) is 33.4 Å². The van der Waals surface area contributed by atoms with Crippen molar-refractivity contribution in [2.24, 2.45) is 0 Å². The van der Waals surface area contributed by atoms with Crippen molar-refractivity contribution < 1.29 is 9.66 Å². The van der Waals surface area contributed by atoms with E-state index in [2.05, 4.69) is 15.6 Å². The Kier molecular flexibility index (Phi) is 5.15. The Bertz CT molecular complexity index is 384. The van der Waals surface area contributed by atoms with E-state index in [9.17, 15) is 10.1 Å². The van der Waals surface area contributed by atoms with Gasteiger partial charge in [-0.2, -0.15) is 0 Å². The number of rotatable bonds is 7. The van der Waals surface area contributed by atoms with Gasteiger partial charge in [-0.3, -0.25) is 10.1 Å². The van der Waals surface area contributed by atoms with Crippen molar-refractivity contribution in [3.05, 3.63) is 22.2 Å². The highest BCUT2D eigenvalue weighted by molar-refractivity contribution is 5.60. The molecule has 0 saturated carbocycles. The summed E-state index contributed by atoms with van der Waals surface area (Å²) >= 11 is 0. The van der Waals surface area contributed by atoms with Crippen molar-refractivity contribution >= 4 is 17.3 Å². The Morgan fingerprint density at radius 3 is 2.88 bits per heavy atom. The van der Waals surface area contributed by atoms with Crippen molar-refractivity contribution in [3.8, 4) is 0 Å². The molecule has 0 spiro atoms. The van der Waals surface area contributed by atoms with E-state index in [1.165, 1.54) is 6.07 Å². The lowest BCUT2D eigenvalue weighted by Crippen LogP contribution is -2.09. The smallest absolute Gasteiger partial charge is 0.311 e. The van der Waals surface area contributed by atoms with Crippen LogP contribution in [0.4, 0.5) is 17.3 Å². The number of pyridine rings is 1. The molecule has 94 valence electrons. The van der Waals surface area contributed by atoms with Crippen LogP contribution in [0.3, 0.4) is 0 Å². The molecule has 2 N–H and O–H groups in total. The van der Waals surface area contributed by atoms with Gasteiger partial charge in [0.25, 0.3) is 0 Å². The van der Waals surface area contributed by atoms with E-state index in [-0.39, 0.29) is 11.5 Å². The van der Waals surface area contributed by atoms with Crippen LogP contribution in [-0.2, 0) is 4.74 Å². The van der Waals surface area contributed by atoms with Crippen LogP contribution in [0.1, 0.15) is 6.42 Å². The third-order valence-electron chi connectivity index (χ3n) is 2.14. The summed E-state index contributed by atoms with van der Waals surface area (Å²) in [6.07, 6.45) is 0.763. The average Bonchev–Trinajstić information content (AvgIpc) is 2.34. The molecule has 1 rings (SSSR count). The zero-order chi connectivity index (χ0) is 12.7. The summed E-state index contributed by atoms with van der Waals surface area (Å²) in [5.74, 6) is 0.864. The summed E-state index contributed by atoms with van der Waals surface area (Å²) in [5.41, 5.74) is -0.0265. The van der Waals surface area contributed by atoms with Crippen LogP contribution in [0, 0.1) is 10.1 Å². The van der Waals surface area contributed by atoms with Gasteiger partial charge in [-0.15, -0.1) is 0 Å². The number of aromatic nitrogens is 1. The van der Waals surface area contributed by atoms with Crippen molar-refractivity contribution in [3.63, 3.8) is 0 Å². The number of nitro groups is 1. The normalized spacial score (nSPS) is 10.0. The fraction of sp³-hybridized carbons (Fsp3) is 0.500. The van der Waals surface area contributed by atoms with Crippen LogP contribution in [0.5, 0.6) is 0 Å². The molecule has 0 aliphatic carbocycles. The van der Waals surface area contributed by atoms with Gasteiger partial charge in [0.1, 0.15) is 5.82 Å². The van der Waals surface area contributed by atoms with Gasteiger partial charge in [-0.25, -0.2) is 4.98 Å². The summed E-state index contributed by atoms with van der Waals surface area (Å²) in [6, 6.07) is 3.00. The van der Waals surface area contributed by atoms with Gasteiger partial charge in [0.2, 0.25) is 5.82 Å². The molecule has 1 aromatic heterocycles. The molecule has 0 radical (unpaired) electrons. The summed E-state index contributed by atoms with van der Waals surface area (Å²) in [5, 5.41) is 16.6. The summed E-state index contributed by atoms with van der Waals surface area (Å²) in [6.45, 7) is 1.18. The van der Waals surface area contributed by atoms with Gasteiger partial charge in [0.15, 0.2) is 0 Å². The molecule has 0 aliphatic heterocycles. The highest BCUT2D eigenvalue weighted by Gasteiger charge is 2.15. The maximum absolute atomic E-state index is 10.8. The zero-order valence-corrected chi connectivity index (χ0v) is 9.90. The molecule has 0 aliphatic rings. The molecule has 0 bridgehead atoms. The lowest BCUT2D eigenvalue weighted by Gasteiger charge is -2.07. The molecule has 0 amide bonds. The van der Waals surface area contributed by atoms with Crippen LogP contribution in [-0.4, -0.2) is 37.2 Å². The number of methoxy groups -OCH3 is 1. The van der Waals surface area contributed by atoms with Crippen molar-refractivity contribution in [1.29, 1.82) is 0 Å². The van der Waals surface area contributed by atoms with Crippen molar-refractivity contribution in [2.45, 2.75) is 6.42 Å². The van der Waals surface area contributed by atoms with Crippen LogP contribution < -0.4 is 10.6 Å². The largest absolute Gasteiger partial charge is 0.385 e. The third kappa shape index (κ3) is 3.87. The van der Waals surface area contributed by atoms with E-state index in [0.29, 0.717) is 19.0 Å². The minimum absolute atomic E-state index is 0.0265. The highest BCUT2D eigenvalue weighted by atomic mass is 16.6. The van der Waals surface area contributed by atoms with E-state index >= 15 is 0 Å². The fourth-order valence-electron chi connectivity index (χ4n) is 1.29. The molecule has 0 atom stereocenters. The quantitative estimate of drug-likeness (QED) is 0.426. The Morgan fingerprint density at radius 2 is 2.29 bits per heavy atom. The number of hydrogen-bond acceptors (Lipinski definition) is 6. The maximum atomic E-state index is 10.8. The van der Waals surface area contributed by atoms with E-state index in [0.717, 1.165) is 6.42 Å². The first-order valence-electron chi connectivity index (χ1n) is 5.25. The lowest BCUT2D eigenvalue weighted by molar-refractivity contribution is -0.384. The van der Waals surface area contributed by atoms with Gasteiger partial charge >= 0.3 is 5.69 Å². The van der Waals surface area contributed by atoms with Gasteiger partial charge in [-0.05, 0) is 12.5 Å². The van der Waals surface area contributed by atoms with Crippen LogP contribution in [0.2, 0.25) is 0 Å². The van der Waals surface area contributed by atoms with Crippen molar-refractivity contribution in [1.82, 2.24) is 4.98 Å². The number of hydrogen-bond donors (Lipinski definition) is 2. The van der Waals surface area contributed by atoms with Gasteiger partial charge < -0.3 is 15.4 Å². The minimum atomic E-state index is -0.453. The lowest BCUT2D eigenvalue weighted by atomic mass is 10.3. The summed E-state index contributed by atoms with van der Waals surface area (Å²) in [4.78, 5) is 14.4. The predicted octanol–water partition coefficient (Wildman–Crippen LogP) is 1.48. The second-order valence-electron chi connectivity index (χ2n) is 3.34. The molecule has 7 nitrogen and oxygen atoms in total. The first-order chi connectivity index (χ1) is 8.19. The monoisotopic (exact) mass is 240 g/mol. The number of nitrogens with one attached hydrogen (secondary N) is 2. The second kappa shape index (κ2) is 6.64. The van der Waals surface area contributed by atoms with Crippen LogP contribution >= 0.6 is 0 Å². The van der Waals surface area contributed by atoms with E-state index < -0.39 is 4.92 Å².